The third-order valence-electron chi connectivity index (χ3n) is 4.76. The quantitative estimate of drug-likeness (QED) is 0.412. The summed E-state index contributed by atoms with van der Waals surface area (Å²) in [5.74, 6) is 0.852. The van der Waals surface area contributed by atoms with E-state index in [9.17, 15) is 0 Å². The summed E-state index contributed by atoms with van der Waals surface area (Å²) in [6, 6.07) is 34.8. The van der Waals surface area contributed by atoms with Gasteiger partial charge in [-0.15, -0.1) is 9.97 Å². The lowest BCUT2D eigenvalue weighted by atomic mass is 10.1. The summed E-state index contributed by atoms with van der Waals surface area (Å²) in [7, 11) is 0. The maximum atomic E-state index is 4.95. The molecule has 0 saturated carbocycles. The molecule has 0 saturated heterocycles. The average Bonchev–Trinajstić information content (AvgIpc) is 2.79. The van der Waals surface area contributed by atoms with Crippen molar-refractivity contribution in [2.75, 3.05) is 0 Å². The standard InChI is InChI=1S/C25H18N3/c1-3-9-19(10-4-1)22-14-7-15-24(26-22)28-18-8-13-21-16-17-23(27-25(21)28)20-11-5-2-6-12-20/h1-18H/q+1. The first-order valence-electron chi connectivity index (χ1n) is 9.28. The van der Waals surface area contributed by atoms with Crippen molar-refractivity contribution >= 4 is 11.0 Å². The molecular weight excluding hydrogens is 342 g/mol. The summed E-state index contributed by atoms with van der Waals surface area (Å²) >= 11 is 0. The highest BCUT2D eigenvalue weighted by Gasteiger charge is 2.15. The average molecular weight is 360 g/mol. The number of nitrogens with zero attached hydrogens (tertiary/aromatic N) is 3. The highest BCUT2D eigenvalue weighted by molar-refractivity contribution is 5.76. The summed E-state index contributed by atoms with van der Waals surface area (Å²) in [5.41, 5.74) is 4.99. The van der Waals surface area contributed by atoms with Crippen LogP contribution >= 0.6 is 0 Å². The molecule has 0 spiro atoms. The van der Waals surface area contributed by atoms with Gasteiger partial charge in [0.05, 0.1) is 11.6 Å². The van der Waals surface area contributed by atoms with Crippen LogP contribution in [0.1, 0.15) is 0 Å². The van der Waals surface area contributed by atoms with Crippen LogP contribution in [0, 0.1) is 0 Å². The van der Waals surface area contributed by atoms with Crippen molar-refractivity contribution in [2.24, 2.45) is 0 Å². The molecule has 0 aliphatic heterocycles. The Balaban J connectivity index is 1.67. The molecule has 3 nitrogen and oxygen atoms in total. The van der Waals surface area contributed by atoms with E-state index >= 15 is 0 Å². The molecule has 28 heavy (non-hydrogen) atoms. The molecule has 0 amide bonds. The van der Waals surface area contributed by atoms with E-state index in [0.717, 1.165) is 39.4 Å². The zero-order chi connectivity index (χ0) is 18.8. The predicted octanol–water partition coefficient (Wildman–Crippen LogP) is 5.24. The van der Waals surface area contributed by atoms with Gasteiger partial charge in [-0.25, -0.2) is 0 Å². The molecule has 0 atom stereocenters. The van der Waals surface area contributed by atoms with Crippen molar-refractivity contribution in [2.45, 2.75) is 0 Å². The van der Waals surface area contributed by atoms with E-state index in [-0.39, 0.29) is 0 Å². The third kappa shape index (κ3) is 3.03. The van der Waals surface area contributed by atoms with Gasteiger partial charge >= 0.3 is 0 Å². The van der Waals surface area contributed by atoms with Crippen molar-refractivity contribution in [3.05, 3.63) is 109 Å². The summed E-state index contributed by atoms with van der Waals surface area (Å²) < 4.78 is 2.05. The monoisotopic (exact) mass is 360 g/mol. The molecule has 3 heterocycles. The van der Waals surface area contributed by atoms with Crippen LogP contribution in [0.3, 0.4) is 0 Å². The highest BCUT2D eigenvalue weighted by Crippen LogP contribution is 2.20. The molecule has 0 radical (unpaired) electrons. The minimum atomic E-state index is 0.852. The number of hydrogen-bond donors (Lipinski definition) is 0. The van der Waals surface area contributed by atoms with Gasteiger partial charge in [-0.3, -0.25) is 0 Å². The van der Waals surface area contributed by atoms with Gasteiger partial charge in [0, 0.05) is 17.2 Å². The Morgan fingerprint density at radius 2 is 1.18 bits per heavy atom. The number of fused-ring (bicyclic) bond motifs is 1. The molecule has 0 aliphatic carbocycles. The smallest absolute Gasteiger partial charge is 0.200 e. The lowest BCUT2D eigenvalue weighted by molar-refractivity contribution is -0.573. The van der Waals surface area contributed by atoms with Gasteiger partial charge in [-0.05, 0) is 30.3 Å². The topological polar surface area (TPSA) is 29.7 Å². The van der Waals surface area contributed by atoms with Crippen molar-refractivity contribution in [3.63, 3.8) is 0 Å². The molecule has 0 fully saturated rings. The first-order chi connectivity index (χ1) is 13.9. The van der Waals surface area contributed by atoms with Crippen LogP contribution in [0.4, 0.5) is 0 Å². The first-order valence-corrected chi connectivity index (χ1v) is 9.28. The Kier molecular flexibility index (Phi) is 4.11. The third-order valence-corrected chi connectivity index (χ3v) is 4.76. The van der Waals surface area contributed by atoms with E-state index in [1.807, 2.05) is 71.4 Å². The maximum absolute atomic E-state index is 4.95. The minimum absolute atomic E-state index is 0.852. The minimum Gasteiger partial charge on any atom is -0.200 e. The van der Waals surface area contributed by atoms with E-state index in [1.54, 1.807) is 0 Å². The first kappa shape index (κ1) is 16.3. The fourth-order valence-electron chi connectivity index (χ4n) is 3.37. The van der Waals surface area contributed by atoms with Gasteiger partial charge in [0.15, 0.2) is 0 Å². The number of benzene rings is 2. The van der Waals surface area contributed by atoms with E-state index in [0.29, 0.717) is 0 Å². The highest BCUT2D eigenvalue weighted by atomic mass is 15.1. The van der Waals surface area contributed by atoms with Crippen molar-refractivity contribution < 1.29 is 4.57 Å². The summed E-state index contributed by atoms with van der Waals surface area (Å²) in [6.07, 6.45) is 2.02. The fourth-order valence-corrected chi connectivity index (χ4v) is 3.37. The normalized spacial score (nSPS) is 10.9. The van der Waals surface area contributed by atoms with E-state index in [4.69, 9.17) is 9.97 Å². The van der Waals surface area contributed by atoms with Crippen molar-refractivity contribution in [1.29, 1.82) is 0 Å². The Bertz CT molecular complexity index is 1250. The molecule has 5 rings (SSSR count). The second kappa shape index (κ2) is 7.05. The Hall–Kier alpha value is -3.85. The zero-order valence-corrected chi connectivity index (χ0v) is 15.2. The van der Waals surface area contributed by atoms with Gasteiger partial charge in [0.1, 0.15) is 11.4 Å². The fraction of sp³-hybridized carbons (Fsp3) is 0. The second-order valence-corrected chi connectivity index (χ2v) is 6.60. The van der Waals surface area contributed by atoms with E-state index in [2.05, 4.69) is 42.5 Å². The Labute approximate surface area is 163 Å². The largest absolute Gasteiger partial charge is 0.275 e. The van der Waals surface area contributed by atoms with Crippen LogP contribution in [-0.4, -0.2) is 9.97 Å². The molecule has 5 aromatic rings. The van der Waals surface area contributed by atoms with Gasteiger partial charge in [-0.2, -0.15) is 4.57 Å². The molecule has 3 aromatic heterocycles. The van der Waals surface area contributed by atoms with Crippen LogP contribution in [0.2, 0.25) is 0 Å². The number of hydrogen-bond acceptors (Lipinski definition) is 2. The summed E-state index contributed by atoms with van der Waals surface area (Å²) in [6.45, 7) is 0. The number of aromatic nitrogens is 3. The summed E-state index contributed by atoms with van der Waals surface area (Å²) in [4.78, 5) is 9.84. The van der Waals surface area contributed by atoms with Crippen LogP contribution < -0.4 is 4.57 Å². The van der Waals surface area contributed by atoms with Crippen LogP contribution in [0.15, 0.2) is 109 Å². The van der Waals surface area contributed by atoms with Crippen LogP contribution in [-0.2, 0) is 0 Å². The molecule has 0 unspecified atom stereocenters. The Morgan fingerprint density at radius 1 is 0.500 bits per heavy atom. The van der Waals surface area contributed by atoms with Gasteiger partial charge in [0.2, 0.25) is 0 Å². The van der Waals surface area contributed by atoms with Crippen LogP contribution in [0.5, 0.6) is 0 Å². The van der Waals surface area contributed by atoms with Crippen molar-refractivity contribution in [3.8, 4) is 28.3 Å². The van der Waals surface area contributed by atoms with Gasteiger partial charge in [0.25, 0.3) is 11.5 Å². The molecule has 132 valence electrons. The SMILES string of the molecule is c1ccc(-c2cccc(-[n+]3cccc4ccc(-c5ccccc5)nc43)n2)cc1. The van der Waals surface area contributed by atoms with Gasteiger partial charge in [-0.1, -0.05) is 66.7 Å². The van der Waals surface area contributed by atoms with E-state index < -0.39 is 0 Å². The van der Waals surface area contributed by atoms with E-state index in [1.165, 1.54) is 0 Å². The lowest BCUT2D eigenvalue weighted by Gasteiger charge is -2.05. The maximum Gasteiger partial charge on any atom is 0.275 e. The molecule has 2 aromatic carbocycles. The van der Waals surface area contributed by atoms with Gasteiger partial charge < -0.3 is 0 Å². The molecule has 0 N–H and O–H groups in total. The number of pyridine rings is 3. The Morgan fingerprint density at radius 3 is 1.89 bits per heavy atom. The van der Waals surface area contributed by atoms with Crippen LogP contribution in [0.25, 0.3) is 39.4 Å². The molecule has 0 bridgehead atoms. The molecule has 3 heteroatoms. The summed E-state index contributed by atoms with van der Waals surface area (Å²) in [5, 5.41) is 1.08. The zero-order valence-electron chi connectivity index (χ0n) is 15.2. The molecule has 0 aliphatic rings. The lowest BCUT2D eigenvalue weighted by Crippen LogP contribution is -2.33. The predicted molar refractivity (Wildman–Crippen MR) is 112 cm³/mol. The number of rotatable bonds is 3. The second-order valence-electron chi connectivity index (χ2n) is 6.60. The van der Waals surface area contributed by atoms with Crippen molar-refractivity contribution in [1.82, 2.24) is 9.97 Å². The molecular formula is C25H18N3+.